The number of aromatic hydroxyl groups is 1. The van der Waals surface area contributed by atoms with Crippen LogP contribution in [0.2, 0.25) is 5.02 Å². The number of carbonyl (C=O) groups excluding carboxylic acids is 4. The summed E-state index contributed by atoms with van der Waals surface area (Å²) in [4.78, 5) is 58.9. The predicted octanol–water partition coefficient (Wildman–Crippen LogP) is 8.42. The molecule has 2 aliphatic carbocycles. The van der Waals surface area contributed by atoms with Crippen LogP contribution in [-0.2, 0) is 36.9 Å². The number of phenols is 1. The van der Waals surface area contributed by atoms with E-state index in [9.17, 15) is 50.2 Å². The largest absolute Gasteiger partial charge is 0.504 e. The van der Waals surface area contributed by atoms with Crippen LogP contribution in [0.25, 0.3) is 0 Å². The molecular weight excluding hydrogens is 799 g/mol. The first kappa shape index (κ1) is 38.9. The number of benzene rings is 4. The van der Waals surface area contributed by atoms with E-state index in [4.69, 9.17) is 16.3 Å². The topological polar surface area (TPSA) is 116 Å². The van der Waals surface area contributed by atoms with Gasteiger partial charge in [-0.15, -0.1) is 0 Å². The molecule has 2 heterocycles. The molecular formula is C41H29ClF7N3O6. The van der Waals surface area contributed by atoms with Crippen LogP contribution in [0.15, 0.2) is 96.6 Å². The molecule has 2 aliphatic heterocycles. The first-order valence-corrected chi connectivity index (χ1v) is 18.1. The minimum absolute atomic E-state index is 0.0157. The van der Waals surface area contributed by atoms with Gasteiger partial charge in [-0.2, -0.15) is 31.4 Å². The first-order valence-electron chi connectivity index (χ1n) is 17.8. The van der Waals surface area contributed by atoms with Crippen molar-refractivity contribution < 1.29 is 59.8 Å². The number of nitrogens with one attached hydrogen (secondary N) is 1. The molecule has 4 aromatic rings. The van der Waals surface area contributed by atoms with E-state index in [0.29, 0.717) is 38.8 Å². The lowest BCUT2D eigenvalue weighted by Gasteiger charge is -2.50. The van der Waals surface area contributed by atoms with Gasteiger partial charge in [0.2, 0.25) is 11.8 Å². The van der Waals surface area contributed by atoms with Crippen molar-refractivity contribution in [2.75, 3.05) is 17.4 Å². The molecule has 4 amide bonds. The quantitative estimate of drug-likeness (QED) is 0.114. The third kappa shape index (κ3) is 5.98. The van der Waals surface area contributed by atoms with Crippen LogP contribution < -0.4 is 15.1 Å². The average molecular weight is 828 g/mol. The van der Waals surface area contributed by atoms with Crippen molar-refractivity contribution in [3.05, 3.63) is 130 Å². The van der Waals surface area contributed by atoms with Gasteiger partial charge in [-0.25, -0.2) is 9.29 Å². The first-order chi connectivity index (χ1) is 27.4. The molecule has 0 spiro atoms. The summed E-state index contributed by atoms with van der Waals surface area (Å²) in [6.07, 6.45) is -9.37. The van der Waals surface area contributed by atoms with Gasteiger partial charge in [-0.3, -0.25) is 24.6 Å². The molecule has 6 atom stereocenters. The number of halogens is 8. The molecule has 2 N–H and O–H groups in total. The highest BCUT2D eigenvalue weighted by molar-refractivity contribution is 6.30. The van der Waals surface area contributed by atoms with Gasteiger partial charge >= 0.3 is 12.4 Å². The number of alkyl halides is 6. The molecule has 8 rings (SSSR count). The lowest BCUT2D eigenvalue weighted by atomic mass is 9.49. The summed E-state index contributed by atoms with van der Waals surface area (Å²) in [6, 6.07) is 15.8. The number of rotatable bonds is 6. The highest BCUT2D eigenvalue weighted by Gasteiger charge is 2.70. The summed E-state index contributed by atoms with van der Waals surface area (Å²) in [5, 5.41) is 11.7. The number of fused-ring (bicyclic) bond motifs is 4. The Balaban J connectivity index is 1.31. The van der Waals surface area contributed by atoms with Crippen molar-refractivity contribution >= 4 is 46.6 Å². The second kappa shape index (κ2) is 13.6. The summed E-state index contributed by atoms with van der Waals surface area (Å²) < 4.78 is 103. The maximum absolute atomic E-state index is 15.2. The van der Waals surface area contributed by atoms with Crippen molar-refractivity contribution in [1.82, 2.24) is 5.01 Å². The van der Waals surface area contributed by atoms with E-state index in [1.807, 2.05) is 0 Å². The molecule has 17 heteroatoms. The lowest BCUT2D eigenvalue weighted by Crippen LogP contribution is -2.53. The fraction of sp³-hybridized carbons (Fsp3) is 0.268. The standard InChI is InChI=1S/C41H29ClF7N3O6/c1-58-32-14-19(2-13-31(32)53)34-27-11-12-28-33(37(56)51(35(28)54)26-16-21(40(44,45)46)15-22(17-26)41(47,48)49)29(27)18-30-36(55)52(50-25-9-7-24(43)8-10-25)38(57)39(30,34)20-3-5-23(42)6-4-20/h2-11,13-17,28-30,33-34,50,53H,12,18H2,1H3/t28-,29+,30-,33-,34-,39+/m0/s1. The molecule has 0 radical (unpaired) electrons. The number of hydrogen-bond acceptors (Lipinski definition) is 7. The van der Waals surface area contributed by atoms with Gasteiger partial charge in [0.05, 0.1) is 52.8 Å². The predicted molar refractivity (Wildman–Crippen MR) is 193 cm³/mol. The van der Waals surface area contributed by atoms with Gasteiger partial charge in [-0.05, 0) is 96.6 Å². The van der Waals surface area contributed by atoms with E-state index < -0.39 is 93.6 Å². The SMILES string of the molecule is COc1cc([C@H]2C3=CC[C@@H]4C(=O)N(c5cc(C(F)(F)F)cc(C(F)(F)F)c5)C(=O)[C@@H]4[C@@H]3C[C@H]3C(=O)N(Nc4ccc(F)cc4)C(=O)[C@@]23c2ccc(Cl)cc2)ccc1O. The van der Waals surface area contributed by atoms with Gasteiger partial charge in [0.15, 0.2) is 11.5 Å². The zero-order chi connectivity index (χ0) is 41.6. The maximum Gasteiger partial charge on any atom is 0.416 e. The number of hydrogen-bond donors (Lipinski definition) is 2. The monoisotopic (exact) mass is 827 g/mol. The molecule has 4 aliphatic rings. The Kier molecular flexibility index (Phi) is 9.14. The third-order valence-electron chi connectivity index (χ3n) is 11.6. The number of methoxy groups -OCH3 is 1. The molecule has 4 aromatic carbocycles. The number of allylic oxidation sites excluding steroid dienone is 2. The molecule has 2 saturated heterocycles. The zero-order valence-electron chi connectivity index (χ0n) is 29.9. The second-order valence-electron chi connectivity index (χ2n) is 14.6. The van der Waals surface area contributed by atoms with Gasteiger partial charge in [0, 0.05) is 10.9 Å². The van der Waals surface area contributed by atoms with Crippen molar-refractivity contribution in [2.45, 2.75) is 36.5 Å². The Morgan fingerprint density at radius 1 is 0.810 bits per heavy atom. The number of ether oxygens (including phenoxy) is 1. The van der Waals surface area contributed by atoms with Crippen LogP contribution in [0.4, 0.5) is 42.1 Å². The Morgan fingerprint density at radius 2 is 1.45 bits per heavy atom. The van der Waals surface area contributed by atoms with Gasteiger partial charge in [0.25, 0.3) is 11.8 Å². The van der Waals surface area contributed by atoms with Crippen LogP contribution in [0.1, 0.15) is 41.0 Å². The minimum atomic E-state index is -5.26. The Morgan fingerprint density at radius 3 is 2.05 bits per heavy atom. The molecule has 58 heavy (non-hydrogen) atoms. The van der Waals surface area contributed by atoms with Gasteiger partial charge in [0.1, 0.15) is 5.82 Å². The molecule has 3 fully saturated rings. The molecule has 9 nitrogen and oxygen atoms in total. The number of carbonyl (C=O) groups is 4. The number of imide groups is 2. The van der Waals surface area contributed by atoms with Gasteiger partial charge in [-0.1, -0.05) is 41.4 Å². The summed E-state index contributed by atoms with van der Waals surface area (Å²) in [5.41, 5.74) is -2.18. The lowest BCUT2D eigenvalue weighted by molar-refractivity contribution is -0.143. The summed E-state index contributed by atoms with van der Waals surface area (Å²) in [6.45, 7) is 0. The third-order valence-corrected chi connectivity index (χ3v) is 11.9. The van der Waals surface area contributed by atoms with E-state index in [1.165, 1.54) is 49.6 Å². The van der Waals surface area contributed by atoms with E-state index in [1.54, 1.807) is 18.2 Å². The summed E-state index contributed by atoms with van der Waals surface area (Å²) in [7, 11) is 1.29. The van der Waals surface area contributed by atoms with E-state index in [-0.39, 0.29) is 36.1 Å². The van der Waals surface area contributed by atoms with Crippen LogP contribution in [0.3, 0.4) is 0 Å². The molecule has 0 bridgehead atoms. The Bertz CT molecular complexity index is 2390. The van der Waals surface area contributed by atoms with Crippen molar-refractivity contribution in [2.24, 2.45) is 23.7 Å². The second-order valence-corrected chi connectivity index (χ2v) is 15.0. The van der Waals surface area contributed by atoms with E-state index in [2.05, 4.69) is 5.43 Å². The highest BCUT2D eigenvalue weighted by Crippen LogP contribution is 2.64. The van der Waals surface area contributed by atoms with Crippen LogP contribution in [-0.4, -0.2) is 40.9 Å². The Hall–Kier alpha value is -5.90. The molecule has 0 aromatic heterocycles. The fourth-order valence-corrected chi connectivity index (χ4v) is 9.35. The van der Waals surface area contributed by atoms with Crippen molar-refractivity contribution in [3.8, 4) is 11.5 Å². The molecule has 1 saturated carbocycles. The Labute approximate surface area is 329 Å². The summed E-state index contributed by atoms with van der Waals surface area (Å²) >= 11 is 6.29. The zero-order valence-corrected chi connectivity index (χ0v) is 30.6. The van der Waals surface area contributed by atoms with Crippen molar-refractivity contribution in [1.29, 1.82) is 0 Å². The van der Waals surface area contributed by atoms with Crippen molar-refractivity contribution in [3.63, 3.8) is 0 Å². The van der Waals surface area contributed by atoms with Crippen LogP contribution in [0.5, 0.6) is 11.5 Å². The van der Waals surface area contributed by atoms with E-state index in [0.717, 1.165) is 17.1 Å². The maximum atomic E-state index is 15.2. The summed E-state index contributed by atoms with van der Waals surface area (Å²) in [5.74, 6) is -10.6. The van der Waals surface area contributed by atoms with E-state index >= 15 is 4.79 Å². The fourth-order valence-electron chi connectivity index (χ4n) is 9.23. The van der Waals surface area contributed by atoms with Crippen LogP contribution in [0, 0.1) is 29.5 Å². The van der Waals surface area contributed by atoms with Gasteiger partial charge < -0.3 is 9.84 Å². The number of nitrogens with zero attached hydrogens (tertiary/aromatic N) is 2. The average Bonchev–Trinajstić information content (AvgIpc) is 3.56. The molecule has 0 unspecified atom stereocenters. The van der Waals surface area contributed by atoms with Crippen LogP contribution >= 0.6 is 11.6 Å². The number of amides is 4. The molecule has 300 valence electrons. The normalized spacial score (nSPS) is 25.7. The smallest absolute Gasteiger partial charge is 0.416 e. The highest BCUT2D eigenvalue weighted by atomic mass is 35.5. The minimum Gasteiger partial charge on any atom is -0.504 e. The number of anilines is 2. The number of hydrazine groups is 1. The number of phenolic OH excluding ortho intramolecular Hbond substituents is 1.